The van der Waals surface area contributed by atoms with E-state index in [0.717, 1.165) is 30.3 Å². The van der Waals surface area contributed by atoms with Gasteiger partial charge in [-0.25, -0.2) is 14.3 Å². The van der Waals surface area contributed by atoms with Crippen molar-refractivity contribution >= 4 is 17.1 Å². The monoisotopic (exact) mass is 333 g/mol. The van der Waals surface area contributed by atoms with Crippen LogP contribution in [0.5, 0.6) is 0 Å². The number of fused-ring (bicyclic) bond motifs is 1. The van der Waals surface area contributed by atoms with Crippen LogP contribution in [-0.4, -0.2) is 30.6 Å². The highest BCUT2D eigenvalue weighted by molar-refractivity contribution is 5.76. The number of carbonyl (C=O) groups is 1. The van der Waals surface area contributed by atoms with E-state index in [0.29, 0.717) is 11.2 Å². The van der Waals surface area contributed by atoms with E-state index >= 15 is 0 Å². The van der Waals surface area contributed by atoms with E-state index in [9.17, 15) is 14.4 Å². The molecule has 0 atom stereocenters. The molecule has 0 unspecified atom stereocenters. The zero-order valence-corrected chi connectivity index (χ0v) is 14.1. The fraction of sp³-hybridized carbons (Fsp3) is 0.625. The molecule has 2 heterocycles. The second kappa shape index (κ2) is 6.62. The van der Waals surface area contributed by atoms with Crippen LogP contribution in [-0.2, 0) is 25.4 Å². The number of nitrogens with one attached hydrogen (secondary N) is 1. The number of carbonyl (C=O) groups excluding carboxylic acids is 1. The molecule has 1 saturated carbocycles. The first-order valence-electron chi connectivity index (χ1n) is 8.39. The predicted molar refractivity (Wildman–Crippen MR) is 89.8 cm³/mol. The van der Waals surface area contributed by atoms with Crippen LogP contribution in [0.1, 0.15) is 38.5 Å². The van der Waals surface area contributed by atoms with E-state index in [1.807, 2.05) is 0 Å². The first-order valence-corrected chi connectivity index (χ1v) is 8.39. The molecule has 1 aliphatic carbocycles. The maximum Gasteiger partial charge on any atom is 0.332 e. The molecule has 24 heavy (non-hydrogen) atoms. The first kappa shape index (κ1) is 16.5. The number of hydrogen-bond acceptors (Lipinski definition) is 4. The van der Waals surface area contributed by atoms with Gasteiger partial charge < -0.3 is 9.88 Å². The van der Waals surface area contributed by atoms with Crippen LogP contribution < -0.4 is 16.6 Å². The molecule has 0 spiro atoms. The predicted octanol–water partition coefficient (Wildman–Crippen LogP) is 0.273. The van der Waals surface area contributed by atoms with Crippen LogP contribution in [0.4, 0.5) is 0 Å². The van der Waals surface area contributed by atoms with Gasteiger partial charge in [0.2, 0.25) is 5.91 Å². The summed E-state index contributed by atoms with van der Waals surface area (Å²) in [5, 5.41) is 2.97. The molecule has 1 N–H and O–H groups in total. The van der Waals surface area contributed by atoms with Crippen LogP contribution >= 0.6 is 0 Å². The van der Waals surface area contributed by atoms with Gasteiger partial charge in [0.25, 0.3) is 5.56 Å². The van der Waals surface area contributed by atoms with E-state index in [1.165, 1.54) is 23.7 Å². The van der Waals surface area contributed by atoms with E-state index < -0.39 is 11.2 Å². The molecule has 0 saturated heterocycles. The fourth-order valence-corrected chi connectivity index (χ4v) is 3.38. The molecule has 2 aromatic rings. The third-order valence-corrected chi connectivity index (χ3v) is 4.72. The lowest BCUT2D eigenvalue weighted by Crippen LogP contribution is -2.45. The molecule has 130 valence electrons. The number of amides is 1. The molecule has 2 aromatic heterocycles. The average Bonchev–Trinajstić information content (AvgIpc) is 2.76. The Morgan fingerprint density at radius 3 is 2.54 bits per heavy atom. The van der Waals surface area contributed by atoms with Crippen molar-refractivity contribution in [2.75, 3.05) is 0 Å². The summed E-state index contributed by atoms with van der Waals surface area (Å²) >= 11 is 0. The van der Waals surface area contributed by atoms with Gasteiger partial charge in [-0.1, -0.05) is 25.7 Å². The van der Waals surface area contributed by atoms with Crippen LogP contribution in [0.2, 0.25) is 0 Å². The molecule has 3 rings (SSSR count). The molecule has 0 aromatic carbocycles. The summed E-state index contributed by atoms with van der Waals surface area (Å²) in [5.74, 6) is -0.289. The Morgan fingerprint density at radius 2 is 1.88 bits per heavy atom. The minimum Gasteiger partial charge on any atom is -0.352 e. The second-order valence-corrected chi connectivity index (χ2v) is 6.52. The van der Waals surface area contributed by atoms with Crippen LogP contribution in [0.3, 0.4) is 0 Å². The van der Waals surface area contributed by atoms with Crippen LogP contribution in [0, 0.1) is 0 Å². The van der Waals surface area contributed by atoms with E-state index in [-0.39, 0.29) is 18.5 Å². The van der Waals surface area contributed by atoms with Gasteiger partial charge in [-0.05, 0) is 12.8 Å². The molecule has 0 aliphatic heterocycles. The van der Waals surface area contributed by atoms with Crippen molar-refractivity contribution in [3.8, 4) is 0 Å². The van der Waals surface area contributed by atoms with Gasteiger partial charge >= 0.3 is 5.69 Å². The third kappa shape index (κ3) is 3.00. The zero-order chi connectivity index (χ0) is 17.3. The van der Waals surface area contributed by atoms with Crippen molar-refractivity contribution in [3.63, 3.8) is 0 Å². The number of aryl methyl sites for hydroxylation is 2. The van der Waals surface area contributed by atoms with Gasteiger partial charge in [0.05, 0.1) is 6.33 Å². The molecule has 1 aliphatic rings. The summed E-state index contributed by atoms with van der Waals surface area (Å²) in [5.41, 5.74) is -0.362. The zero-order valence-electron chi connectivity index (χ0n) is 14.1. The minimum atomic E-state index is -0.526. The van der Waals surface area contributed by atoms with Crippen molar-refractivity contribution in [1.82, 2.24) is 24.0 Å². The Kier molecular flexibility index (Phi) is 4.55. The van der Waals surface area contributed by atoms with Gasteiger partial charge in [-0.2, -0.15) is 0 Å². The van der Waals surface area contributed by atoms with Crippen molar-refractivity contribution in [2.24, 2.45) is 14.1 Å². The van der Waals surface area contributed by atoms with Gasteiger partial charge in [0, 0.05) is 20.1 Å². The van der Waals surface area contributed by atoms with E-state index in [4.69, 9.17) is 0 Å². The number of hydrogen-bond donors (Lipinski definition) is 1. The normalized spacial score (nSPS) is 16.2. The highest BCUT2D eigenvalue weighted by Crippen LogP contribution is 2.17. The Bertz CT molecular complexity index is 868. The highest BCUT2D eigenvalue weighted by Gasteiger charge is 2.19. The third-order valence-electron chi connectivity index (χ3n) is 4.72. The maximum absolute atomic E-state index is 12.6. The van der Waals surface area contributed by atoms with Gasteiger partial charge in [-0.15, -0.1) is 0 Å². The average molecular weight is 333 g/mol. The quantitative estimate of drug-likeness (QED) is 0.817. The molecule has 8 heteroatoms. The summed E-state index contributed by atoms with van der Waals surface area (Å²) in [7, 11) is 3.24. The summed E-state index contributed by atoms with van der Waals surface area (Å²) < 4.78 is 3.85. The lowest BCUT2D eigenvalue weighted by Gasteiger charge is -2.16. The van der Waals surface area contributed by atoms with Gasteiger partial charge in [0.15, 0.2) is 11.2 Å². The second-order valence-electron chi connectivity index (χ2n) is 6.52. The topological polar surface area (TPSA) is 90.9 Å². The highest BCUT2D eigenvalue weighted by atomic mass is 16.2. The Morgan fingerprint density at radius 1 is 1.21 bits per heavy atom. The van der Waals surface area contributed by atoms with Crippen molar-refractivity contribution in [1.29, 1.82) is 0 Å². The first-order chi connectivity index (χ1) is 11.5. The summed E-state index contributed by atoms with van der Waals surface area (Å²) in [6, 6.07) is 0.139. The molecule has 8 nitrogen and oxygen atoms in total. The molecule has 1 amide bonds. The Hall–Kier alpha value is -2.38. The lowest BCUT2D eigenvalue weighted by molar-refractivity contribution is -0.122. The van der Waals surface area contributed by atoms with Crippen molar-refractivity contribution < 1.29 is 4.79 Å². The summed E-state index contributed by atoms with van der Waals surface area (Å²) in [6.45, 7) is -0.261. The summed E-state index contributed by atoms with van der Waals surface area (Å²) in [6.07, 6.45) is 8.01. The fourth-order valence-electron chi connectivity index (χ4n) is 3.38. The van der Waals surface area contributed by atoms with Gasteiger partial charge in [-0.3, -0.25) is 14.2 Å². The van der Waals surface area contributed by atoms with E-state index in [1.54, 1.807) is 18.7 Å². The minimum absolute atomic E-state index is 0.139. The summed E-state index contributed by atoms with van der Waals surface area (Å²) in [4.78, 5) is 41.4. The van der Waals surface area contributed by atoms with Crippen LogP contribution in [0.15, 0.2) is 15.9 Å². The van der Waals surface area contributed by atoms with Gasteiger partial charge in [0.1, 0.15) is 6.54 Å². The van der Waals surface area contributed by atoms with Crippen LogP contribution in [0.25, 0.3) is 11.2 Å². The molecular formula is C16H23N5O3. The number of imidazole rings is 1. The smallest absolute Gasteiger partial charge is 0.332 e. The number of aromatic nitrogens is 4. The molecule has 0 radical (unpaired) electrons. The SMILES string of the molecule is Cn1cnc2c1c(=O)n(CC(=O)NC1CCCCCC1)c(=O)n2C. The number of rotatable bonds is 3. The molecule has 0 bridgehead atoms. The molecular weight excluding hydrogens is 310 g/mol. The standard InChI is InChI=1S/C16H23N5O3/c1-19-10-17-14-13(19)15(23)21(16(24)20(14)2)9-12(22)18-11-7-5-3-4-6-8-11/h10-11H,3-9H2,1-2H3,(H,18,22). The maximum atomic E-state index is 12.6. The largest absolute Gasteiger partial charge is 0.352 e. The Balaban J connectivity index is 1.87. The Labute approximate surface area is 139 Å². The number of nitrogens with zero attached hydrogens (tertiary/aromatic N) is 4. The molecule has 1 fully saturated rings. The van der Waals surface area contributed by atoms with Crippen molar-refractivity contribution in [2.45, 2.75) is 51.1 Å². The van der Waals surface area contributed by atoms with Crippen molar-refractivity contribution in [3.05, 3.63) is 27.2 Å². The van der Waals surface area contributed by atoms with E-state index in [2.05, 4.69) is 10.3 Å². The lowest BCUT2D eigenvalue weighted by atomic mass is 10.1.